The molecule has 2 fully saturated rings. The predicted molar refractivity (Wildman–Crippen MR) is 108 cm³/mol. The zero-order valence-corrected chi connectivity index (χ0v) is 16.7. The lowest BCUT2D eigenvalue weighted by Gasteiger charge is -2.33. The fourth-order valence-corrected chi connectivity index (χ4v) is 4.81. The number of carbonyl (C=O) groups is 1. The van der Waals surface area contributed by atoms with E-state index in [2.05, 4.69) is 13.9 Å². The molecule has 25 heavy (non-hydrogen) atoms. The number of ether oxygens (including phenoxy) is 1. The van der Waals surface area contributed by atoms with E-state index in [1.807, 2.05) is 0 Å². The Morgan fingerprint density at radius 1 is 1.20 bits per heavy atom. The highest BCUT2D eigenvalue weighted by atomic mass is 16.5. The Balaban J connectivity index is 2.00. The van der Waals surface area contributed by atoms with Gasteiger partial charge in [-0.3, -0.25) is 4.79 Å². The predicted octanol–water partition coefficient (Wildman–Crippen LogP) is 3.96. The normalized spacial score (nSPS) is 24.7. The first-order chi connectivity index (χ1) is 11.9. The molecule has 2 N–H and O–H groups in total. The number of ketones is 1. The van der Waals surface area contributed by atoms with Crippen LogP contribution in [0.5, 0.6) is 0 Å². The maximum Gasteiger partial charge on any atom is 0.155 e. The molecule has 2 unspecified atom stereocenters. The highest BCUT2D eigenvalue weighted by Gasteiger charge is 2.28. The molecule has 0 heterocycles. The Hall–Kier alpha value is -0.605. The highest BCUT2D eigenvalue weighted by Crippen LogP contribution is 2.42. The molecular formula is C21H38BNO2. The Kier molecular flexibility index (Phi) is 8.21. The molecule has 2 rings (SSSR count). The summed E-state index contributed by atoms with van der Waals surface area (Å²) in [7, 11) is 4.05. The van der Waals surface area contributed by atoms with Crippen molar-refractivity contribution in [1.82, 2.24) is 0 Å². The second-order valence-electron chi connectivity index (χ2n) is 8.82. The van der Waals surface area contributed by atoms with Gasteiger partial charge in [0.15, 0.2) is 5.78 Å². The van der Waals surface area contributed by atoms with Crippen LogP contribution in [0.25, 0.3) is 0 Å². The highest BCUT2D eigenvalue weighted by molar-refractivity contribution is 6.17. The van der Waals surface area contributed by atoms with Gasteiger partial charge >= 0.3 is 0 Å². The van der Waals surface area contributed by atoms with Crippen molar-refractivity contribution >= 4 is 13.6 Å². The van der Waals surface area contributed by atoms with E-state index < -0.39 is 0 Å². The van der Waals surface area contributed by atoms with Crippen LogP contribution >= 0.6 is 0 Å². The molecule has 2 aliphatic carbocycles. The molecule has 3 nitrogen and oxygen atoms in total. The van der Waals surface area contributed by atoms with Crippen molar-refractivity contribution in [2.75, 3.05) is 7.11 Å². The van der Waals surface area contributed by atoms with Crippen LogP contribution in [0.3, 0.4) is 0 Å². The molecule has 0 bridgehead atoms. The van der Waals surface area contributed by atoms with E-state index >= 15 is 0 Å². The summed E-state index contributed by atoms with van der Waals surface area (Å²) >= 11 is 0. The van der Waals surface area contributed by atoms with Crippen molar-refractivity contribution in [3.8, 4) is 0 Å². The summed E-state index contributed by atoms with van der Waals surface area (Å²) in [5, 5.41) is 0.172. The Bertz CT molecular complexity index is 451. The van der Waals surface area contributed by atoms with Gasteiger partial charge in [0.05, 0.1) is 6.10 Å². The number of hydrogen-bond donors (Lipinski definition) is 1. The van der Waals surface area contributed by atoms with Gasteiger partial charge in [0, 0.05) is 19.6 Å². The van der Waals surface area contributed by atoms with Crippen molar-refractivity contribution in [3.05, 3.63) is 11.6 Å². The van der Waals surface area contributed by atoms with E-state index in [1.165, 1.54) is 64.2 Å². The van der Waals surface area contributed by atoms with Gasteiger partial charge in [-0.05, 0) is 30.1 Å². The molecule has 2 saturated carbocycles. The van der Waals surface area contributed by atoms with Crippen LogP contribution in [0.1, 0.15) is 84.0 Å². The molecule has 0 saturated heterocycles. The fraction of sp³-hybridized carbons (Fsp3) is 0.857. The van der Waals surface area contributed by atoms with E-state index in [4.69, 9.17) is 10.5 Å². The van der Waals surface area contributed by atoms with Crippen molar-refractivity contribution in [2.45, 2.75) is 101 Å². The molecular weight excluding hydrogens is 309 g/mol. The van der Waals surface area contributed by atoms with Crippen LogP contribution in [-0.2, 0) is 9.53 Å². The molecule has 0 amide bonds. The minimum absolute atomic E-state index is 0.0232. The lowest BCUT2D eigenvalue weighted by atomic mass is 9.59. The Labute approximate surface area is 155 Å². The summed E-state index contributed by atoms with van der Waals surface area (Å²) in [5.41, 5.74) is 7.44. The van der Waals surface area contributed by atoms with Crippen LogP contribution in [0.2, 0.25) is 5.31 Å². The second-order valence-corrected chi connectivity index (χ2v) is 8.82. The van der Waals surface area contributed by atoms with Crippen LogP contribution in [0.15, 0.2) is 11.6 Å². The van der Waals surface area contributed by atoms with Crippen LogP contribution in [0.4, 0.5) is 0 Å². The maximum atomic E-state index is 12.3. The van der Waals surface area contributed by atoms with Gasteiger partial charge in [-0.1, -0.05) is 70.3 Å². The largest absolute Gasteiger partial charge is 0.379 e. The van der Waals surface area contributed by atoms with E-state index in [0.29, 0.717) is 6.42 Å². The summed E-state index contributed by atoms with van der Waals surface area (Å²) in [6.45, 7) is 1.69. The van der Waals surface area contributed by atoms with E-state index in [-0.39, 0.29) is 23.2 Å². The minimum Gasteiger partial charge on any atom is -0.379 e. The average Bonchev–Trinajstić information content (AvgIpc) is 2.59. The molecule has 0 radical (unpaired) electrons. The van der Waals surface area contributed by atoms with E-state index in [9.17, 15) is 4.79 Å². The first-order valence-corrected chi connectivity index (χ1v) is 10.4. The monoisotopic (exact) mass is 347 g/mol. The first kappa shape index (κ1) is 20.7. The van der Waals surface area contributed by atoms with E-state index in [1.54, 1.807) is 14.0 Å². The molecule has 0 spiro atoms. The third-order valence-electron chi connectivity index (χ3n) is 6.50. The molecule has 0 aliphatic heterocycles. The number of hydrogen-bond acceptors (Lipinski definition) is 3. The van der Waals surface area contributed by atoms with Gasteiger partial charge in [0.1, 0.15) is 7.85 Å². The van der Waals surface area contributed by atoms with Crippen LogP contribution in [-0.4, -0.2) is 32.9 Å². The first-order valence-electron chi connectivity index (χ1n) is 10.4. The maximum absolute atomic E-state index is 12.3. The standard InChI is InChI=1S/C21H38BNO2/c1-16(24)18(15-21(22)11-7-4-8-12-21)14-20(25-2)19(23)13-17-9-5-3-6-10-17/h15,17,19-20H,3-14,22-23H2,1-2H3/b18-15+. The molecule has 4 heteroatoms. The quantitative estimate of drug-likeness (QED) is 0.534. The second kappa shape index (κ2) is 9.92. The van der Waals surface area contributed by atoms with Crippen LogP contribution < -0.4 is 5.73 Å². The number of rotatable bonds is 8. The molecule has 142 valence electrons. The molecule has 0 aromatic carbocycles. The number of carbonyl (C=O) groups excluding carboxylic acids is 1. The van der Waals surface area contributed by atoms with Gasteiger partial charge in [-0.2, -0.15) is 0 Å². The molecule has 2 aliphatic rings. The Morgan fingerprint density at radius 2 is 1.80 bits per heavy atom. The lowest BCUT2D eigenvalue weighted by Crippen LogP contribution is -2.39. The van der Waals surface area contributed by atoms with Crippen molar-refractivity contribution in [3.63, 3.8) is 0 Å². The van der Waals surface area contributed by atoms with Gasteiger partial charge < -0.3 is 10.5 Å². The third kappa shape index (κ3) is 6.56. The van der Waals surface area contributed by atoms with Crippen LogP contribution in [0, 0.1) is 5.92 Å². The summed E-state index contributed by atoms with van der Waals surface area (Å²) in [6, 6.07) is 0.0232. The molecule has 2 atom stereocenters. The van der Waals surface area contributed by atoms with Crippen molar-refractivity contribution in [1.29, 1.82) is 0 Å². The number of nitrogens with two attached hydrogens (primary N) is 1. The van der Waals surface area contributed by atoms with Crippen molar-refractivity contribution in [2.24, 2.45) is 11.7 Å². The number of allylic oxidation sites excluding steroid dienone is 1. The van der Waals surface area contributed by atoms with E-state index in [0.717, 1.165) is 17.9 Å². The third-order valence-corrected chi connectivity index (χ3v) is 6.50. The summed E-state index contributed by atoms with van der Waals surface area (Å²) in [6.07, 6.45) is 16.8. The van der Waals surface area contributed by atoms with Gasteiger partial charge in [0.25, 0.3) is 0 Å². The Morgan fingerprint density at radius 3 is 2.36 bits per heavy atom. The summed E-state index contributed by atoms with van der Waals surface area (Å²) < 4.78 is 5.74. The van der Waals surface area contributed by atoms with Gasteiger partial charge in [-0.25, -0.2) is 0 Å². The van der Waals surface area contributed by atoms with Gasteiger partial charge in [-0.15, -0.1) is 0 Å². The molecule has 0 aromatic heterocycles. The SMILES string of the molecule is BC1(/C=C(\CC(OC)C(N)CC2CCCCC2)C(C)=O)CCCCC1. The van der Waals surface area contributed by atoms with Gasteiger partial charge in [0.2, 0.25) is 0 Å². The lowest BCUT2D eigenvalue weighted by molar-refractivity contribution is -0.114. The smallest absolute Gasteiger partial charge is 0.155 e. The summed E-state index contributed by atoms with van der Waals surface area (Å²) in [4.78, 5) is 12.3. The summed E-state index contributed by atoms with van der Waals surface area (Å²) in [5.74, 6) is 0.917. The zero-order chi connectivity index (χ0) is 18.3. The fourth-order valence-electron chi connectivity index (χ4n) is 4.81. The molecule has 0 aromatic rings. The zero-order valence-electron chi connectivity index (χ0n) is 16.7. The minimum atomic E-state index is -0.0516. The average molecular weight is 347 g/mol. The topological polar surface area (TPSA) is 52.3 Å². The number of Topliss-reactive ketones (excluding diaryl/α,β-unsaturated/α-hetero) is 1. The van der Waals surface area contributed by atoms with Crippen molar-refractivity contribution < 1.29 is 9.53 Å². The number of methoxy groups -OCH3 is 1.